The van der Waals surface area contributed by atoms with Gasteiger partial charge in [-0.2, -0.15) is 0 Å². The Bertz CT molecular complexity index is 690. The monoisotopic (exact) mass is 340 g/mol. The van der Waals surface area contributed by atoms with E-state index in [1.54, 1.807) is 4.90 Å². The average molecular weight is 340 g/mol. The molecule has 2 N–H and O–H groups in total. The molecule has 0 aliphatic carbocycles. The number of urea groups is 1. The maximum absolute atomic E-state index is 12.4. The molecule has 1 aliphatic heterocycles. The van der Waals surface area contributed by atoms with Crippen LogP contribution >= 0.6 is 0 Å². The molecule has 25 heavy (non-hydrogen) atoms. The molecule has 1 saturated heterocycles. The largest absolute Gasteiger partial charge is 0.493 e. The summed E-state index contributed by atoms with van der Waals surface area (Å²) in [6.07, 6.45) is 2.62. The Hall–Kier alpha value is -2.53. The van der Waals surface area contributed by atoms with Crippen LogP contribution in [0.25, 0.3) is 0 Å². The van der Waals surface area contributed by atoms with Crippen LogP contribution in [0.2, 0.25) is 0 Å². The lowest BCUT2D eigenvalue weighted by Crippen LogP contribution is -2.40. The molecule has 0 spiro atoms. The molecule has 2 amide bonds. The molecule has 3 rings (SSSR count). The molecule has 0 bridgehead atoms. The van der Waals surface area contributed by atoms with Crippen LogP contribution in [0.1, 0.15) is 18.4 Å². The lowest BCUT2D eigenvalue weighted by atomic mass is 10.2. The van der Waals surface area contributed by atoms with E-state index in [-0.39, 0.29) is 18.7 Å². The topological polar surface area (TPSA) is 61.8 Å². The van der Waals surface area contributed by atoms with Gasteiger partial charge in [0.25, 0.3) is 0 Å². The Morgan fingerprint density at radius 3 is 2.84 bits per heavy atom. The van der Waals surface area contributed by atoms with Crippen molar-refractivity contribution in [3.8, 4) is 5.75 Å². The predicted molar refractivity (Wildman–Crippen MR) is 97.9 cm³/mol. The number of amides is 2. The highest BCUT2D eigenvalue weighted by molar-refractivity contribution is 5.89. The minimum absolute atomic E-state index is 0.00998. The fraction of sp³-hybridized carbons (Fsp3) is 0.350. The third kappa shape index (κ3) is 4.73. The van der Waals surface area contributed by atoms with Gasteiger partial charge in [-0.05, 0) is 30.5 Å². The van der Waals surface area contributed by atoms with Crippen molar-refractivity contribution in [3.05, 3.63) is 60.2 Å². The van der Waals surface area contributed by atoms with E-state index in [1.807, 2.05) is 42.5 Å². The number of hydrogen-bond donors (Lipinski definition) is 2. The zero-order valence-electron chi connectivity index (χ0n) is 14.2. The number of likely N-dealkylation sites (tertiary alicyclic amines) is 1. The number of aliphatic hydroxyl groups excluding tert-OH is 1. The first-order chi connectivity index (χ1) is 12.3. The molecular weight excluding hydrogens is 316 g/mol. The standard InChI is InChI=1S/C20H24N2O3/c23-15-18-9-5-12-22(18)20(24)21-17-8-4-10-19(14-17)25-13-11-16-6-2-1-3-7-16/h1-4,6-8,10,14,18,23H,5,9,11-13,15H2,(H,21,24). The lowest BCUT2D eigenvalue weighted by Gasteiger charge is -2.23. The van der Waals surface area contributed by atoms with Crippen LogP contribution < -0.4 is 10.1 Å². The van der Waals surface area contributed by atoms with Crippen molar-refractivity contribution < 1.29 is 14.6 Å². The summed E-state index contributed by atoms with van der Waals surface area (Å²) < 4.78 is 5.80. The van der Waals surface area contributed by atoms with Crippen LogP contribution in [0.5, 0.6) is 5.75 Å². The van der Waals surface area contributed by atoms with Gasteiger partial charge in [-0.1, -0.05) is 36.4 Å². The van der Waals surface area contributed by atoms with E-state index in [0.717, 1.165) is 25.0 Å². The second-order valence-electron chi connectivity index (χ2n) is 6.21. The Balaban J connectivity index is 1.53. The van der Waals surface area contributed by atoms with Crippen molar-refractivity contribution in [2.24, 2.45) is 0 Å². The van der Waals surface area contributed by atoms with Crippen molar-refractivity contribution in [3.63, 3.8) is 0 Å². The van der Waals surface area contributed by atoms with Gasteiger partial charge in [0.15, 0.2) is 0 Å². The summed E-state index contributed by atoms with van der Waals surface area (Å²) in [5.41, 5.74) is 1.93. The van der Waals surface area contributed by atoms with Gasteiger partial charge in [-0.3, -0.25) is 0 Å². The number of ether oxygens (including phenoxy) is 1. The number of anilines is 1. The van der Waals surface area contributed by atoms with E-state index in [2.05, 4.69) is 17.4 Å². The highest BCUT2D eigenvalue weighted by Gasteiger charge is 2.27. The number of aliphatic hydroxyl groups is 1. The minimum Gasteiger partial charge on any atom is -0.493 e. The van der Waals surface area contributed by atoms with E-state index in [9.17, 15) is 9.90 Å². The van der Waals surface area contributed by atoms with Gasteiger partial charge in [0.05, 0.1) is 19.3 Å². The second-order valence-corrected chi connectivity index (χ2v) is 6.21. The first kappa shape index (κ1) is 17.3. The third-order valence-corrected chi connectivity index (χ3v) is 4.44. The zero-order chi connectivity index (χ0) is 17.5. The number of carbonyl (C=O) groups is 1. The van der Waals surface area contributed by atoms with Gasteiger partial charge in [0, 0.05) is 24.7 Å². The molecule has 2 aromatic rings. The molecule has 1 atom stereocenters. The molecule has 5 heteroatoms. The van der Waals surface area contributed by atoms with Crippen molar-refractivity contribution in [1.82, 2.24) is 4.90 Å². The molecule has 1 heterocycles. The number of benzene rings is 2. The van der Waals surface area contributed by atoms with Crippen LogP contribution in [0.4, 0.5) is 10.5 Å². The number of nitrogens with one attached hydrogen (secondary N) is 1. The summed E-state index contributed by atoms with van der Waals surface area (Å²) in [6.45, 7) is 1.28. The molecule has 1 unspecified atom stereocenters. The minimum atomic E-state index is -0.169. The third-order valence-electron chi connectivity index (χ3n) is 4.44. The summed E-state index contributed by atoms with van der Waals surface area (Å²) in [5, 5.41) is 12.2. The first-order valence-electron chi connectivity index (χ1n) is 8.71. The molecular formula is C20H24N2O3. The second kappa shape index (κ2) is 8.53. The van der Waals surface area contributed by atoms with Crippen LogP contribution in [-0.2, 0) is 6.42 Å². The first-order valence-corrected chi connectivity index (χ1v) is 8.71. The number of carbonyl (C=O) groups excluding carboxylic acids is 1. The van der Waals surface area contributed by atoms with E-state index in [4.69, 9.17) is 4.74 Å². The Morgan fingerprint density at radius 1 is 1.20 bits per heavy atom. The highest BCUT2D eigenvalue weighted by Crippen LogP contribution is 2.21. The maximum Gasteiger partial charge on any atom is 0.322 e. The predicted octanol–water partition coefficient (Wildman–Crippen LogP) is 3.30. The fourth-order valence-electron chi connectivity index (χ4n) is 3.08. The Labute approximate surface area is 148 Å². The zero-order valence-corrected chi connectivity index (χ0v) is 14.2. The molecule has 0 radical (unpaired) electrons. The van der Waals surface area contributed by atoms with Crippen molar-refractivity contribution in [1.29, 1.82) is 0 Å². The van der Waals surface area contributed by atoms with Crippen LogP contribution in [0, 0.1) is 0 Å². The smallest absolute Gasteiger partial charge is 0.322 e. The van der Waals surface area contributed by atoms with E-state index >= 15 is 0 Å². The van der Waals surface area contributed by atoms with Gasteiger partial charge in [-0.25, -0.2) is 4.79 Å². The van der Waals surface area contributed by atoms with Crippen LogP contribution in [-0.4, -0.2) is 41.8 Å². The van der Waals surface area contributed by atoms with Crippen molar-refractivity contribution in [2.45, 2.75) is 25.3 Å². The number of hydrogen-bond acceptors (Lipinski definition) is 3. The lowest BCUT2D eigenvalue weighted by molar-refractivity contribution is 0.166. The van der Waals surface area contributed by atoms with Crippen LogP contribution in [0.3, 0.4) is 0 Å². The van der Waals surface area contributed by atoms with Gasteiger partial charge in [0.1, 0.15) is 5.75 Å². The molecule has 132 valence electrons. The van der Waals surface area contributed by atoms with Crippen molar-refractivity contribution >= 4 is 11.7 Å². The molecule has 5 nitrogen and oxygen atoms in total. The maximum atomic E-state index is 12.4. The summed E-state index contributed by atoms with van der Waals surface area (Å²) in [5.74, 6) is 0.730. The van der Waals surface area contributed by atoms with Gasteiger partial charge in [-0.15, -0.1) is 0 Å². The Kier molecular flexibility index (Phi) is 5.90. The van der Waals surface area contributed by atoms with Crippen LogP contribution in [0.15, 0.2) is 54.6 Å². The molecule has 1 fully saturated rings. The number of rotatable bonds is 6. The average Bonchev–Trinajstić information content (AvgIpc) is 3.12. The Morgan fingerprint density at radius 2 is 2.04 bits per heavy atom. The van der Waals surface area contributed by atoms with E-state index in [1.165, 1.54) is 5.56 Å². The van der Waals surface area contributed by atoms with E-state index in [0.29, 0.717) is 18.8 Å². The van der Waals surface area contributed by atoms with Gasteiger partial charge >= 0.3 is 6.03 Å². The summed E-state index contributed by atoms with van der Waals surface area (Å²) >= 11 is 0. The molecule has 2 aromatic carbocycles. The van der Waals surface area contributed by atoms with Crippen molar-refractivity contribution in [2.75, 3.05) is 25.1 Å². The summed E-state index contributed by atoms with van der Waals surface area (Å²) in [7, 11) is 0. The fourth-order valence-corrected chi connectivity index (χ4v) is 3.08. The summed E-state index contributed by atoms with van der Waals surface area (Å²) in [6, 6.07) is 17.3. The highest BCUT2D eigenvalue weighted by atomic mass is 16.5. The normalized spacial score (nSPS) is 16.7. The molecule has 0 saturated carbocycles. The van der Waals surface area contributed by atoms with Gasteiger partial charge < -0.3 is 20.1 Å². The molecule has 1 aliphatic rings. The van der Waals surface area contributed by atoms with E-state index < -0.39 is 0 Å². The quantitative estimate of drug-likeness (QED) is 0.848. The van der Waals surface area contributed by atoms with Gasteiger partial charge in [0.2, 0.25) is 0 Å². The SMILES string of the molecule is O=C(Nc1cccc(OCCc2ccccc2)c1)N1CCCC1CO. The number of nitrogens with zero attached hydrogens (tertiary/aromatic N) is 1. The summed E-state index contributed by atoms with van der Waals surface area (Å²) in [4.78, 5) is 14.1. The molecule has 0 aromatic heterocycles.